The van der Waals surface area contributed by atoms with E-state index in [0.29, 0.717) is 39.8 Å². The van der Waals surface area contributed by atoms with E-state index < -0.39 is 29.6 Å². The van der Waals surface area contributed by atoms with Crippen LogP contribution in [0.15, 0.2) is 103 Å². The summed E-state index contributed by atoms with van der Waals surface area (Å²) in [7, 11) is 0. The Balaban J connectivity index is 1.32. The first-order chi connectivity index (χ1) is 22.1. The summed E-state index contributed by atoms with van der Waals surface area (Å²) in [5.41, 5.74) is 1.63. The molecule has 0 spiro atoms. The van der Waals surface area contributed by atoms with Crippen LogP contribution in [0.2, 0.25) is 0 Å². The molecule has 2 aromatic heterocycles. The summed E-state index contributed by atoms with van der Waals surface area (Å²) in [6.45, 7) is 2.50. The highest BCUT2D eigenvalue weighted by Gasteiger charge is 2.30. The number of nitrogens with one attached hydrogen (secondary N) is 3. The van der Waals surface area contributed by atoms with Crippen LogP contribution >= 0.6 is 0 Å². The van der Waals surface area contributed by atoms with Gasteiger partial charge in [0, 0.05) is 29.3 Å². The Morgan fingerprint density at radius 2 is 1.61 bits per heavy atom. The lowest BCUT2D eigenvalue weighted by Gasteiger charge is -2.18. The fourth-order valence-electron chi connectivity index (χ4n) is 4.82. The summed E-state index contributed by atoms with van der Waals surface area (Å²) >= 11 is 0. The van der Waals surface area contributed by atoms with Crippen LogP contribution in [0.25, 0.3) is 22.0 Å². The molecule has 1 atom stereocenters. The molecule has 3 N–H and O–H groups in total. The molecule has 0 aliphatic heterocycles. The largest absolute Gasteiger partial charge is 0.416 e. The van der Waals surface area contributed by atoms with Crippen LogP contribution in [0.4, 0.5) is 19.0 Å². The van der Waals surface area contributed by atoms with E-state index >= 15 is 0 Å². The van der Waals surface area contributed by atoms with Crippen LogP contribution in [-0.4, -0.2) is 34.2 Å². The van der Waals surface area contributed by atoms with Crippen molar-refractivity contribution in [2.24, 2.45) is 0 Å². The summed E-state index contributed by atoms with van der Waals surface area (Å²) in [6.07, 6.45) is -1.19. The van der Waals surface area contributed by atoms with Crippen LogP contribution in [-0.2, 0) is 11.0 Å². The molecule has 2 heterocycles. The van der Waals surface area contributed by atoms with E-state index in [1.165, 1.54) is 12.1 Å². The number of hydrogen-bond acceptors (Lipinski definition) is 5. The Kier molecular flexibility index (Phi) is 9.70. The van der Waals surface area contributed by atoms with Crippen LogP contribution in [0, 0.1) is 0 Å². The summed E-state index contributed by atoms with van der Waals surface area (Å²) < 4.78 is 39.1. The van der Waals surface area contributed by atoms with Crippen molar-refractivity contribution in [2.75, 3.05) is 11.9 Å². The predicted octanol–water partition coefficient (Wildman–Crippen LogP) is 6.96. The zero-order valence-corrected chi connectivity index (χ0v) is 24.8. The van der Waals surface area contributed by atoms with Gasteiger partial charge < -0.3 is 16.0 Å². The molecule has 5 aromatic rings. The zero-order chi connectivity index (χ0) is 32.7. The molecule has 0 aliphatic rings. The van der Waals surface area contributed by atoms with Gasteiger partial charge in [-0.15, -0.1) is 0 Å². The SMILES string of the molecule is CCCCNC(=O)[C@@H](NC(=O)c1ccc2nc(NC(=O)c3ccccc3-c3ccc(C(F)(F)F)cc3)ccc2c1)c1ccccn1. The molecule has 0 radical (unpaired) electrons. The summed E-state index contributed by atoms with van der Waals surface area (Å²) in [4.78, 5) is 48.2. The minimum absolute atomic E-state index is 0.246. The first-order valence-corrected chi connectivity index (χ1v) is 14.6. The molecular weight excluding hydrogens is 595 g/mol. The quantitative estimate of drug-likeness (QED) is 0.145. The van der Waals surface area contributed by atoms with E-state index in [1.54, 1.807) is 79.0 Å². The third-order valence-corrected chi connectivity index (χ3v) is 7.24. The van der Waals surface area contributed by atoms with Crippen molar-refractivity contribution in [2.45, 2.75) is 32.0 Å². The molecule has 0 saturated carbocycles. The third-order valence-electron chi connectivity index (χ3n) is 7.24. The van der Waals surface area contributed by atoms with Gasteiger partial charge in [-0.2, -0.15) is 13.2 Å². The number of nitrogens with zero attached hydrogens (tertiary/aromatic N) is 2. The molecule has 0 unspecified atom stereocenters. The van der Waals surface area contributed by atoms with Gasteiger partial charge in [-0.1, -0.05) is 49.7 Å². The maximum absolute atomic E-state index is 13.2. The molecule has 3 amide bonds. The second-order valence-electron chi connectivity index (χ2n) is 10.5. The molecule has 0 saturated heterocycles. The van der Waals surface area contributed by atoms with E-state index in [2.05, 4.69) is 25.9 Å². The van der Waals surface area contributed by atoms with Gasteiger partial charge in [0.25, 0.3) is 11.8 Å². The standard InChI is InChI=1S/C35H30F3N5O3/c1-2-3-19-40-34(46)31(29-10-6-7-20-39-29)43-32(44)24-13-17-28-23(21-24)14-18-30(41-28)42-33(45)27-9-5-4-8-26(27)22-11-15-25(16-12-22)35(36,37)38/h4-18,20-21,31H,2-3,19H2,1H3,(H,40,46)(H,43,44)(H,41,42,45)/t31-/m0/s1. The van der Waals surface area contributed by atoms with Crippen molar-refractivity contribution in [3.05, 3.63) is 126 Å². The molecule has 3 aromatic carbocycles. The number of carbonyl (C=O) groups excluding carboxylic acids is 3. The van der Waals surface area contributed by atoms with Gasteiger partial charge in [-0.05, 0) is 78.2 Å². The van der Waals surface area contributed by atoms with Crippen LogP contribution in [0.3, 0.4) is 0 Å². The topological polar surface area (TPSA) is 113 Å². The Bertz CT molecular complexity index is 1860. The molecule has 234 valence electrons. The number of unbranched alkanes of at least 4 members (excludes halogenated alkanes) is 1. The number of pyridine rings is 2. The highest BCUT2D eigenvalue weighted by atomic mass is 19.4. The van der Waals surface area contributed by atoms with E-state index in [0.717, 1.165) is 25.0 Å². The predicted molar refractivity (Wildman–Crippen MR) is 169 cm³/mol. The lowest BCUT2D eigenvalue weighted by molar-refractivity contribution is -0.137. The highest BCUT2D eigenvalue weighted by Crippen LogP contribution is 2.32. The van der Waals surface area contributed by atoms with Crippen molar-refractivity contribution < 1.29 is 27.6 Å². The van der Waals surface area contributed by atoms with Gasteiger partial charge >= 0.3 is 6.18 Å². The van der Waals surface area contributed by atoms with E-state index in [9.17, 15) is 27.6 Å². The Hall–Kier alpha value is -5.58. The molecule has 46 heavy (non-hydrogen) atoms. The number of alkyl halides is 3. The van der Waals surface area contributed by atoms with Gasteiger partial charge in [-0.25, -0.2) is 4.98 Å². The van der Waals surface area contributed by atoms with Crippen molar-refractivity contribution >= 4 is 34.4 Å². The van der Waals surface area contributed by atoms with Crippen LogP contribution < -0.4 is 16.0 Å². The number of hydrogen-bond donors (Lipinski definition) is 3. The highest BCUT2D eigenvalue weighted by molar-refractivity contribution is 6.08. The van der Waals surface area contributed by atoms with E-state index in [-0.39, 0.29) is 17.3 Å². The number of halogens is 3. The van der Waals surface area contributed by atoms with Gasteiger partial charge in [0.15, 0.2) is 6.04 Å². The lowest BCUT2D eigenvalue weighted by atomic mass is 9.98. The van der Waals surface area contributed by atoms with Gasteiger partial charge in [0.2, 0.25) is 5.91 Å². The monoisotopic (exact) mass is 625 g/mol. The number of carbonyl (C=O) groups is 3. The van der Waals surface area contributed by atoms with Gasteiger partial charge in [0.1, 0.15) is 5.82 Å². The summed E-state index contributed by atoms with van der Waals surface area (Å²) in [5, 5.41) is 9.00. The molecule has 0 bridgehead atoms. The van der Waals surface area contributed by atoms with Crippen molar-refractivity contribution in [3.63, 3.8) is 0 Å². The second kappa shape index (κ2) is 14.0. The minimum atomic E-state index is -4.46. The number of aromatic nitrogens is 2. The molecular formula is C35H30F3N5O3. The molecule has 0 aliphatic carbocycles. The average Bonchev–Trinajstić information content (AvgIpc) is 3.07. The fraction of sp³-hybridized carbons (Fsp3) is 0.171. The third kappa shape index (κ3) is 7.55. The zero-order valence-electron chi connectivity index (χ0n) is 24.8. The number of fused-ring (bicyclic) bond motifs is 1. The summed E-state index contributed by atoms with van der Waals surface area (Å²) in [5.74, 6) is -1.07. The first kappa shape index (κ1) is 31.8. The minimum Gasteiger partial charge on any atom is -0.354 e. The molecule has 0 fully saturated rings. The fourth-order valence-corrected chi connectivity index (χ4v) is 4.82. The van der Waals surface area contributed by atoms with Crippen LogP contribution in [0.1, 0.15) is 57.8 Å². The number of benzene rings is 3. The van der Waals surface area contributed by atoms with Crippen molar-refractivity contribution in [3.8, 4) is 11.1 Å². The molecule has 11 heteroatoms. The van der Waals surface area contributed by atoms with Crippen LogP contribution in [0.5, 0.6) is 0 Å². The number of amides is 3. The number of anilines is 1. The van der Waals surface area contributed by atoms with E-state index in [4.69, 9.17) is 0 Å². The Morgan fingerprint density at radius 1 is 0.848 bits per heavy atom. The van der Waals surface area contributed by atoms with E-state index in [1.807, 2.05) is 6.92 Å². The van der Waals surface area contributed by atoms with Crippen molar-refractivity contribution in [1.29, 1.82) is 0 Å². The summed E-state index contributed by atoms with van der Waals surface area (Å²) in [6, 6.07) is 23.5. The molecule has 8 nitrogen and oxygen atoms in total. The first-order valence-electron chi connectivity index (χ1n) is 14.6. The lowest BCUT2D eigenvalue weighted by Crippen LogP contribution is -2.41. The maximum Gasteiger partial charge on any atom is 0.416 e. The average molecular weight is 626 g/mol. The molecule has 5 rings (SSSR count). The smallest absolute Gasteiger partial charge is 0.354 e. The van der Waals surface area contributed by atoms with Gasteiger partial charge in [0.05, 0.1) is 16.8 Å². The normalized spacial score (nSPS) is 11.9. The Morgan fingerprint density at radius 3 is 2.33 bits per heavy atom. The van der Waals surface area contributed by atoms with Gasteiger partial charge in [-0.3, -0.25) is 19.4 Å². The number of rotatable bonds is 10. The second-order valence-corrected chi connectivity index (χ2v) is 10.5. The van der Waals surface area contributed by atoms with Crippen molar-refractivity contribution in [1.82, 2.24) is 20.6 Å². The Labute approximate surface area is 263 Å². The maximum atomic E-state index is 13.2.